The van der Waals surface area contributed by atoms with Crippen molar-refractivity contribution in [2.75, 3.05) is 4.72 Å². The zero-order valence-corrected chi connectivity index (χ0v) is 19.9. The first kappa shape index (κ1) is 22.2. The molecule has 5 nitrogen and oxygen atoms in total. The fourth-order valence-electron chi connectivity index (χ4n) is 4.03. The average molecular weight is 538 g/mol. The molecule has 0 spiro atoms. The predicted molar refractivity (Wildman–Crippen MR) is 135 cm³/mol. The lowest BCUT2D eigenvalue weighted by atomic mass is 9.93. The molecule has 0 fully saturated rings. The van der Waals surface area contributed by atoms with E-state index in [1.54, 1.807) is 30.3 Å². The number of hydrogen-bond acceptors (Lipinski definition) is 4. The molecule has 3 N–H and O–H groups in total. The van der Waals surface area contributed by atoms with E-state index < -0.39 is 15.8 Å². The van der Waals surface area contributed by atoms with Crippen molar-refractivity contribution in [1.82, 2.24) is 0 Å². The van der Waals surface area contributed by atoms with Crippen LogP contribution in [0.2, 0.25) is 0 Å². The van der Waals surface area contributed by atoms with Crippen molar-refractivity contribution in [1.29, 1.82) is 0 Å². The minimum Gasteiger partial charge on any atom is -0.507 e. The largest absolute Gasteiger partial charge is 0.507 e. The lowest BCUT2D eigenvalue weighted by Gasteiger charge is -2.17. The van der Waals surface area contributed by atoms with Gasteiger partial charge in [-0.3, -0.25) is 4.72 Å². The van der Waals surface area contributed by atoms with Crippen LogP contribution in [0.1, 0.15) is 0 Å². The minimum absolute atomic E-state index is 0.0620. The summed E-state index contributed by atoms with van der Waals surface area (Å²) in [5, 5.41) is 24.2. The van der Waals surface area contributed by atoms with Gasteiger partial charge >= 0.3 is 0 Å². The van der Waals surface area contributed by atoms with Crippen molar-refractivity contribution < 1.29 is 23.0 Å². The molecule has 0 atom stereocenters. The second kappa shape index (κ2) is 8.30. The number of aromatic hydroxyl groups is 2. The topological polar surface area (TPSA) is 86.6 Å². The molecule has 34 heavy (non-hydrogen) atoms. The Labute approximate surface area is 203 Å². The van der Waals surface area contributed by atoms with Crippen molar-refractivity contribution in [2.24, 2.45) is 0 Å². The van der Waals surface area contributed by atoms with Gasteiger partial charge in [-0.1, -0.05) is 54.6 Å². The molecular weight excluding hydrogens is 521 g/mol. The molecule has 0 aliphatic rings. The highest BCUT2D eigenvalue weighted by molar-refractivity contribution is 9.10. The average Bonchev–Trinajstić information content (AvgIpc) is 2.83. The van der Waals surface area contributed by atoms with Crippen LogP contribution in [0.3, 0.4) is 0 Å². The van der Waals surface area contributed by atoms with Gasteiger partial charge in [0.1, 0.15) is 17.3 Å². The Bertz CT molecular complexity index is 1700. The number of benzene rings is 5. The number of phenolic OH excluding ortho intramolecular Hbond substituents is 2. The van der Waals surface area contributed by atoms with Crippen LogP contribution in [0, 0.1) is 5.82 Å². The summed E-state index contributed by atoms with van der Waals surface area (Å²) in [6.45, 7) is 0. The van der Waals surface area contributed by atoms with Gasteiger partial charge in [0.2, 0.25) is 0 Å². The summed E-state index contributed by atoms with van der Waals surface area (Å²) in [7, 11) is -4.16. The number of nitrogens with one attached hydrogen (secondary N) is 1. The molecule has 0 saturated heterocycles. The van der Waals surface area contributed by atoms with E-state index in [1.807, 2.05) is 24.3 Å². The highest BCUT2D eigenvalue weighted by Crippen LogP contribution is 2.46. The molecule has 0 radical (unpaired) electrons. The molecule has 170 valence electrons. The van der Waals surface area contributed by atoms with Crippen molar-refractivity contribution in [3.8, 4) is 22.6 Å². The first-order valence-corrected chi connectivity index (χ1v) is 12.5. The molecule has 0 amide bonds. The summed E-state index contributed by atoms with van der Waals surface area (Å²) in [5.74, 6) is -0.868. The Kier molecular flexibility index (Phi) is 5.42. The van der Waals surface area contributed by atoms with E-state index in [4.69, 9.17) is 0 Å². The number of hydrogen-bond donors (Lipinski definition) is 3. The van der Waals surface area contributed by atoms with Crippen LogP contribution in [0.5, 0.6) is 11.5 Å². The third-order valence-corrected chi connectivity index (χ3v) is 7.64. The Hall–Kier alpha value is -3.62. The highest BCUT2D eigenvalue weighted by atomic mass is 79.9. The van der Waals surface area contributed by atoms with Gasteiger partial charge in [0.25, 0.3) is 10.0 Å². The number of rotatable bonds is 4. The standard InChI is InChI=1S/C26H17BrFNO4S/c27-21-11-10-16(13-22(21)28)34(32,33)29-23-14-20(26(31)19-8-4-3-7-18(19)23)25-17-6-2-1-5-15(17)9-12-24(25)30/h1-14,29-31H. The quantitative estimate of drug-likeness (QED) is 0.221. The fraction of sp³-hybridized carbons (Fsp3) is 0. The Morgan fingerprint density at radius 2 is 1.47 bits per heavy atom. The molecule has 0 aliphatic heterocycles. The molecule has 0 unspecified atom stereocenters. The van der Waals surface area contributed by atoms with Crippen LogP contribution < -0.4 is 4.72 Å². The molecular formula is C26H17BrFNO4S. The number of phenols is 2. The molecule has 5 rings (SSSR count). The summed E-state index contributed by atoms with van der Waals surface area (Å²) in [5.41, 5.74) is 0.809. The summed E-state index contributed by atoms with van der Waals surface area (Å²) in [6.07, 6.45) is 0. The monoisotopic (exact) mass is 537 g/mol. The molecule has 5 aromatic carbocycles. The number of fused-ring (bicyclic) bond motifs is 2. The van der Waals surface area contributed by atoms with Gasteiger partial charge in [-0.2, -0.15) is 0 Å². The summed E-state index contributed by atoms with van der Waals surface area (Å²) >= 11 is 3.02. The maximum absolute atomic E-state index is 14.0. The van der Waals surface area contributed by atoms with Gasteiger partial charge in [-0.05, 0) is 57.0 Å². The fourth-order valence-corrected chi connectivity index (χ4v) is 5.35. The van der Waals surface area contributed by atoms with Gasteiger partial charge in [0.05, 0.1) is 15.1 Å². The highest BCUT2D eigenvalue weighted by Gasteiger charge is 2.22. The first-order valence-electron chi connectivity index (χ1n) is 10.2. The number of sulfonamides is 1. The smallest absolute Gasteiger partial charge is 0.262 e. The Morgan fingerprint density at radius 1 is 0.794 bits per heavy atom. The van der Waals surface area contributed by atoms with Gasteiger partial charge in [0, 0.05) is 21.9 Å². The lowest BCUT2D eigenvalue weighted by Crippen LogP contribution is -2.13. The molecule has 8 heteroatoms. The summed E-state index contributed by atoms with van der Waals surface area (Å²) < 4.78 is 42.9. The predicted octanol–water partition coefficient (Wildman–Crippen LogP) is 6.77. The summed E-state index contributed by atoms with van der Waals surface area (Å²) in [6, 6.07) is 22.4. The van der Waals surface area contributed by atoms with E-state index in [0.717, 1.165) is 11.5 Å². The molecule has 0 bridgehead atoms. The Balaban J connectivity index is 1.76. The maximum Gasteiger partial charge on any atom is 0.262 e. The van der Waals surface area contributed by atoms with Crippen molar-refractivity contribution in [2.45, 2.75) is 4.90 Å². The van der Waals surface area contributed by atoms with Crippen molar-refractivity contribution >= 4 is 53.2 Å². The van der Waals surface area contributed by atoms with Crippen LogP contribution in [0.4, 0.5) is 10.1 Å². The molecule has 0 aromatic heterocycles. The zero-order valence-electron chi connectivity index (χ0n) is 17.5. The van der Waals surface area contributed by atoms with Crippen molar-refractivity contribution in [3.05, 3.63) is 95.2 Å². The van der Waals surface area contributed by atoms with Crippen LogP contribution >= 0.6 is 15.9 Å². The van der Waals surface area contributed by atoms with Gasteiger partial charge in [0.15, 0.2) is 0 Å². The number of anilines is 1. The van der Waals surface area contributed by atoms with Crippen LogP contribution in [-0.4, -0.2) is 18.6 Å². The van der Waals surface area contributed by atoms with E-state index in [9.17, 15) is 23.0 Å². The van der Waals surface area contributed by atoms with Gasteiger partial charge < -0.3 is 10.2 Å². The SMILES string of the molecule is O=S(=O)(Nc1cc(-c2c(O)ccc3ccccc23)c(O)c2ccccc12)c1ccc(Br)c(F)c1. The lowest BCUT2D eigenvalue weighted by molar-refractivity contribution is 0.472. The Morgan fingerprint density at radius 3 is 2.21 bits per heavy atom. The second-order valence-corrected chi connectivity index (χ2v) is 10.3. The minimum atomic E-state index is -4.16. The van der Waals surface area contributed by atoms with E-state index in [2.05, 4.69) is 20.7 Å². The van der Waals surface area contributed by atoms with Crippen LogP contribution in [0.25, 0.3) is 32.7 Å². The second-order valence-electron chi connectivity index (χ2n) is 7.73. The van der Waals surface area contributed by atoms with Crippen LogP contribution in [-0.2, 0) is 10.0 Å². The first-order chi connectivity index (χ1) is 16.3. The maximum atomic E-state index is 14.0. The summed E-state index contributed by atoms with van der Waals surface area (Å²) in [4.78, 5) is -0.250. The number of halogens is 2. The van der Waals surface area contributed by atoms with E-state index >= 15 is 0 Å². The van der Waals surface area contributed by atoms with Gasteiger partial charge in [-0.15, -0.1) is 0 Å². The van der Waals surface area contributed by atoms with Gasteiger partial charge in [-0.25, -0.2) is 12.8 Å². The van der Waals surface area contributed by atoms with Crippen LogP contribution in [0.15, 0.2) is 94.3 Å². The third kappa shape index (κ3) is 3.74. The van der Waals surface area contributed by atoms with E-state index in [1.165, 1.54) is 24.3 Å². The zero-order chi connectivity index (χ0) is 24.0. The van der Waals surface area contributed by atoms with E-state index in [0.29, 0.717) is 21.7 Å². The van der Waals surface area contributed by atoms with Crippen molar-refractivity contribution in [3.63, 3.8) is 0 Å². The molecule has 0 heterocycles. The molecule has 5 aromatic rings. The third-order valence-electron chi connectivity index (χ3n) is 5.64. The van der Waals surface area contributed by atoms with E-state index in [-0.39, 0.29) is 32.1 Å². The normalized spacial score (nSPS) is 11.7. The molecule has 0 saturated carbocycles. The molecule has 0 aliphatic carbocycles.